The Labute approximate surface area is 174 Å². The van der Waals surface area contributed by atoms with Crippen LogP contribution in [0.15, 0.2) is 60.9 Å². The van der Waals surface area contributed by atoms with Gasteiger partial charge in [0, 0.05) is 36.0 Å². The molecule has 0 radical (unpaired) electrons. The number of aromatic nitrogens is 5. The second-order valence-corrected chi connectivity index (χ2v) is 7.11. The molecule has 8 nitrogen and oxygen atoms in total. The first kappa shape index (κ1) is 19.4. The monoisotopic (exact) mass is 401 g/mol. The topological polar surface area (TPSA) is 89.7 Å². The molecular formula is C22H23N7O. The zero-order valence-corrected chi connectivity index (χ0v) is 17.1. The molecule has 4 rings (SSSR count). The summed E-state index contributed by atoms with van der Waals surface area (Å²) in [5.74, 6) is 0.750. The Balaban J connectivity index is 1.36. The fourth-order valence-corrected chi connectivity index (χ4v) is 3.22. The van der Waals surface area contributed by atoms with E-state index in [9.17, 15) is 4.79 Å². The van der Waals surface area contributed by atoms with Crippen LogP contribution in [0.25, 0.3) is 11.5 Å². The summed E-state index contributed by atoms with van der Waals surface area (Å²) < 4.78 is 3.62. The van der Waals surface area contributed by atoms with Crippen LogP contribution in [-0.2, 0) is 6.54 Å². The summed E-state index contributed by atoms with van der Waals surface area (Å²) in [6.07, 6.45) is 3.49. The Morgan fingerprint density at radius 1 is 1.00 bits per heavy atom. The number of anilines is 1. The Morgan fingerprint density at radius 3 is 2.53 bits per heavy atom. The van der Waals surface area contributed by atoms with Gasteiger partial charge in [-0.15, -0.1) is 0 Å². The maximum absolute atomic E-state index is 12.3. The second-order valence-electron chi connectivity index (χ2n) is 7.11. The Bertz CT molecular complexity index is 1170. The number of pyridine rings is 1. The Hall–Kier alpha value is -3.94. The van der Waals surface area contributed by atoms with Gasteiger partial charge in [-0.1, -0.05) is 12.1 Å². The third kappa shape index (κ3) is 4.22. The highest BCUT2D eigenvalue weighted by Gasteiger charge is 2.07. The van der Waals surface area contributed by atoms with E-state index in [0.29, 0.717) is 12.2 Å². The molecule has 2 N–H and O–H groups in total. The number of hydrogen-bond acceptors (Lipinski definition) is 4. The lowest BCUT2D eigenvalue weighted by Crippen LogP contribution is -2.28. The van der Waals surface area contributed by atoms with Crippen LogP contribution in [0.1, 0.15) is 22.6 Å². The fraction of sp³-hybridized carbons (Fsp3) is 0.182. The van der Waals surface area contributed by atoms with Crippen LogP contribution < -0.4 is 10.6 Å². The summed E-state index contributed by atoms with van der Waals surface area (Å²) in [4.78, 5) is 16.8. The molecule has 3 heterocycles. The predicted octanol–water partition coefficient (Wildman–Crippen LogP) is 3.70. The normalized spacial score (nSPS) is 10.8. The van der Waals surface area contributed by atoms with E-state index in [2.05, 4.69) is 25.8 Å². The number of amides is 2. The highest BCUT2D eigenvalue weighted by Crippen LogP contribution is 2.16. The molecule has 1 aromatic carbocycles. The fourth-order valence-electron chi connectivity index (χ4n) is 3.22. The lowest BCUT2D eigenvalue weighted by Gasteiger charge is -2.10. The van der Waals surface area contributed by atoms with Gasteiger partial charge in [0.15, 0.2) is 5.82 Å². The Kier molecular flexibility index (Phi) is 5.30. The molecule has 0 fully saturated rings. The second kappa shape index (κ2) is 8.20. The first-order chi connectivity index (χ1) is 14.5. The highest BCUT2D eigenvalue weighted by molar-refractivity contribution is 5.89. The number of carbonyl (C=O) groups is 1. The van der Waals surface area contributed by atoms with Gasteiger partial charge in [-0.3, -0.25) is 0 Å². The standard InChI is InChI=1S/C22H23N7O/c1-15-11-17(3)29(27-15)21-8-7-18(13-23-21)14-24-22(30)26-19-5-4-6-20(12-19)28-16(2)9-10-25-28/h4-13H,14H2,1-3H3,(H2,24,26,30). The molecule has 3 aromatic heterocycles. The van der Waals surface area contributed by atoms with Gasteiger partial charge < -0.3 is 10.6 Å². The number of nitrogens with zero attached hydrogens (tertiary/aromatic N) is 5. The number of urea groups is 1. The van der Waals surface area contributed by atoms with Crippen molar-refractivity contribution in [1.29, 1.82) is 0 Å². The quantitative estimate of drug-likeness (QED) is 0.534. The summed E-state index contributed by atoms with van der Waals surface area (Å²) >= 11 is 0. The number of carbonyl (C=O) groups excluding carboxylic acids is 1. The molecule has 0 unspecified atom stereocenters. The van der Waals surface area contributed by atoms with Crippen molar-refractivity contribution in [2.45, 2.75) is 27.3 Å². The minimum atomic E-state index is -0.285. The first-order valence-electron chi connectivity index (χ1n) is 9.64. The van der Waals surface area contributed by atoms with Gasteiger partial charge in [-0.25, -0.2) is 19.1 Å². The Morgan fingerprint density at radius 2 is 1.87 bits per heavy atom. The van der Waals surface area contributed by atoms with Gasteiger partial charge in [0.05, 0.1) is 11.4 Å². The molecule has 2 amide bonds. The minimum Gasteiger partial charge on any atom is -0.334 e. The first-order valence-corrected chi connectivity index (χ1v) is 9.64. The van der Waals surface area contributed by atoms with E-state index in [4.69, 9.17) is 0 Å². The van der Waals surface area contributed by atoms with Crippen molar-refractivity contribution < 1.29 is 4.79 Å². The average Bonchev–Trinajstić information content (AvgIpc) is 3.31. The van der Waals surface area contributed by atoms with Crippen LogP contribution in [0.2, 0.25) is 0 Å². The van der Waals surface area contributed by atoms with Crippen LogP contribution >= 0.6 is 0 Å². The summed E-state index contributed by atoms with van der Waals surface area (Å²) in [5.41, 5.74) is 5.47. The van der Waals surface area contributed by atoms with Crippen molar-refractivity contribution in [3.63, 3.8) is 0 Å². The van der Waals surface area contributed by atoms with E-state index in [1.54, 1.807) is 17.1 Å². The van der Waals surface area contributed by atoms with E-state index in [1.807, 2.05) is 74.0 Å². The summed E-state index contributed by atoms with van der Waals surface area (Å²) in [6.45, 7) is 6.29. The van der Waals surface area contributed by atoms with Gasteiger partial charge in [-0.2, -0.15) is 10.2 Å². The number of rotatable bonds is 5. The zero-order chi connectivity index (χ0) is 21.1. The van der Waals surface area contributed by atoms with Gasteiger partial charge in [0.2, 0.25) is 0 Å². The lowest BCUT2D eigenvalue weighted by atomic mass is 10.2. The van der Waals surface area contributed by atoms with Gasteiger partial charge >= 0.3 is 6.03 Å². The maximum atomic E-state index is 12.3. The third-order valence-corrected chi connectivity index (χ3v) is 4.67. The molecule has 8 heteroatoms. The minimum absolute atomic E-state index is 0.285. The molecule has 4 aromatic rings. The molecule has 0 spiro atoms. The molecule has 0 aliphatic rings. The summed E-state index contributed by atoms with van der Waals surface area (Å²) in [5, 5.41) is 14.4. The van der Waals surface area contributed by atoms with Crippen molar-refractivity contribution in [1.82, 2.24) is 29.9 Å². The van der Waals surface area contributed by atoms with Crippen molar-refractivity contribution in [2.24, 2.45) is 0 Å². The molecule has 0 atom stereocenters. The average molecular weight is 401 g/mol. The molecule has 30 heavy (non-hydrogen) atoms. The van der Waals surface area contributed by atoms with Crippen LogP contribution in [0.4, 0.5) is 10.5 Å². The maximum Gasteiger partial charge on any atom is 0.319 e. The van der Waals surface area contributed by atoms with Crippen molar-refractivity contribution in [3.8, 4) is 11.5 Å². The van der Waals surface area contributed by atoms with Crippen molar-refractivity contribution in [2.75, 3.05) is 5.32 Å². The summed E-state index contributed by atoms with van der Waals surface area (Å²) in [6, 6.07) is 15.0. The van der Waals surface area contributed by atoms with Gasteiger partial charge in [-0.05, 0) is 62.7 Å². The number of benzene rings is 1. The van der Waals surface area contributed by atoms with Crippen LogP contribution in [0.3, 0.4) is 0 Å². The highest BCUT2D eigenvalue weighted by atomic mass is 16.2. The number of aryl methyl sites for hydroxylation is 3. The third-order valence-electron chi connectivity index (χ3n) is 4.67. The number of hydrogen-bond donors (Lipinski definition) is 2. The molecular weight excluding hydrogens is 378 g/mol. The lowest BCUT2D eigenvalue weighted by molar-refractivity contribution is 0.251. The number of nitrogens with one attached hydrogen (secondary N) is 2. The molecule has 0 aliphatic heterocycles. The van der Waals surface area contributed by atoms with Crippen molar-refractivity contribution >= 4 is 11.7 Å². The van der Waals surface area contributed by atoms with Crippen LogP contribution in [-0.4, -0.2) is 30.6 Å². The smallest absolute Gasteiger partial charge is 0.319 e. The summed E-state index contributed by atoms with van der Waals surface area (Å²) in [7, 11) is 0. The molecule has 0 aliphatic carbocycles. The van der Waals surface area contributed by atoms with E-state index in [-0.39, 0.29) is 6.03 Å². The predicted molar refractivity (Wildman–Crippen MR) is 115 cm³/mol. The molecule has 0 bridgehead atoms. The zero-order valence-electron chi connectivity index (χ0n) is 17.1. The van der Waals surface area contributed by atoms with E-state index < -0.39 is 0 Å². The largest absolute Gasteiger partial charge is 0.334 e. The van der Waals surface area contributed by atoms with E-state index in [1.165, 1.54) is 0 Å². The van der Waals surface area contributed by atoms with E-state index >= 15 is 0 Å². The molecule has 0 saturated heterocycles. The van der Waals surface area contributed by atoms with Crippen LogP contribution in [0, 0.1) is 20.8 Å². The van der Waals surface area contributed by atoms with Crippen molar-refractivity contribution in [3.05, 3.63) is 83.6 Å². The van der Waals surface area contributed by atoms with E-state index in [0.717, 1.165) is 34.2 Å². The van der Waals surface area contributed by atoms with Crippen LogP contribution in [0.5, 0.6) is 0 Å². The SMILES string of the molecule is Cc1cc(C)n(-c2ccc(CNC(=O)Nc3cccc(-n4nccc4C)c3)cn2)n1. The molecule has 152 valence electrons. The molecule has 0 saturated carbocycles. The van der Waals surface area contributed by atoms with Gasteiger partial charge in [0.1, 0.15) is 0 Å². The van der Waals surface area contributed by atoms with Gasteiger partial charge in [0.25, 0.3) is 0 Å².